The van der Waals surface area contributed by atoms with E-state index < -0.39 is 0 Å². The largest absolute Gasteiger partial charge is 0.389 e. The highest BCUT2D eigenvalue weighted by Crippen LogP contribution is 2.20. The minimum absolute atomic E-state index is 0.102. The molecule has 0 aliphatic heterocycles. The second kappa shape index (κ2) is 7.36. The highest BCUT2D eigenvalue weighted by Gasteiger charge is 2.14. The van der Waals surface area contributed by atoms with Crippen LogP contribution in [0.1, 0.15) is 41.6 Å². The Kier molecular flexibility index (Phi) is 5.49. The number of rotatable bonds is 6. The minimum Gasteiger partial charge on any atom is -0.389 e. The van der Waals surface area contributed by atoms with Gasteiger partial charge >= 0.3 is 0 Å². The summed E-state index contributed by atoms with van der Waals surface area (Å²) in [6.07, 6.45) is 5.19. The highest BCUT2D eigenvalue weighted by molar-refractivity contribution is 7.80. The molecule has 0 bridgehead atoms. The molecule has 1 amide bonds. The second-order valence-electron chi connectivity index (χ2n) is 4.97. The van der Waals surface area contributed by atoms with Crippen LogP contribution in [0.3, 0.4) is 0 Å². The quantitative estimate of drug-likeness (QED) is 0.622. The van der Waals surface area contributed by atoms with E-state index in [1.165, 1.54) is 12.8 Å². The van der Waals surface area contributed by atoms with E-state index in [0.29, 0.717) is 29.8 Å². The Hall–Kier alpha value is -1.46. The van der Waals surface area contributed by atoms with Crippen LogP contribution in [0.4, 0.5) is 0 Å². The molecule has 3 N–H and O–H groups in total. The molecule has 1 saturated carbocycles. The zero-order chi connectivity index (χ0) is 14.4. The maximum atomic E-state index is 11.9. The van der Waals surface area contributed by atoms with E-state index in [4.69, 9.17) is 22.7 Å². The van der Waals surface area contributed by atoms with Crippen LogP contribution in [0.2, 0.25) is 0 Å². The van der Waals surface area contributed by atoms with Crippen LogP contribution < -0.4 is 11.1 Å². The summed E-state index contributed by atoms with van der Waals surface area (Å²) >= 11 is 4.87. The van der Waals surface area contributed by atoms with Crippen molar-refractivity contribution in [3.63, 3.8) is 0 Å². The smallest absolute Gasteiger partial charge is 0.251 e. The Morgan fingerprint density at radius 2 is 1.85 bits per heavy atom. The molecule has 108 valence electrons. The van der Waals surface area contributed by atoms with Gasteiger partial charge in [0.05, 0.1) is 12.7 Å². The van der Waals surface area contributed by atoms with E-state index in [9.17, 15) is 4.79 Å². The van der Waals surface area contributed by atoms with E-state index in [1.807, 2.05) is 0 Å². The van der Waals surface area contributed by atoms with Gasteiger partial charge in [0, 0.05) is 17.7 Å². The molecule has 20 heavy (non-hydrogen) atoms. The molecule has 0 unspecified atom stereocenters. The van der Waals surface area contributed by atoms with Crippen LogP contribution in [-0.2, 0) is 4.74 Å². The molecule has 0 saturated heterocycles. The standard InChI is InChI=1S/C15H20N2O2S/c16-14(20)11-5-7-12(8-6-11)15(18)17-9-10-19-13-3-1-2-4-13/h5-8,13H,1-4,9-10H2,(H2,16,20)(H,17,18). The lowest BCUT2D eigenvalue weighted by Crippen LogP contribution is -2.28. The first-order valence-electron chi connectivity index (χ1n) is 6.96. The molecule has 1 fully saturated rings. The van der Waals surface area contributed by atoms with Crippen LogP contribution in [0.15, 0.2) is 24.3 Å². The monoisotopic (exact) mass is 292 g/mol. The molecule has 2 rings (SSSR count). The molecule has 1 aliphatic rings. The van der Waals surface area contributed by atoms with Crippen LogP contribution >= 0.6 is 12.2 Å². The average Bonchev–Trinajstić information content (AvgIpc) is 2.96. The molecule has 1 aromatic carbocycles. The van der Waals surface area contributed by atoms with E-state index in [2.05, 4.69) is 5.32 Å². The molecule has 0 aromatic heterocycles. The molecule has 0 atom stereocenters. The fraction of sp³-hybridized carbons (Fsp3) is 0.467. The maximum absolute atomic E-state index is 11.9. The predicted molar refractivity (Wildman–Crippen MR) is 82.9 cm³/mol. The van der Waals surface area contributed by atoms with Gasteiger partial charge in [-0.15, -0.1) is 0 Å². The van der Waals surface area contributed by atoms with E-state index >= 15 is 0 Å². The summed E-state index contributed by atoms with van der Waals surface area (Å²) in [7, 11) is 0. The highest BCUT2D eigenvalue weighted by atomic mass is 32.1. The van der Waals surface area contributed by atoms with Crippen molar-refractivity contribution in [1.82, 2.24) is 5.32 Å². The van der Waals surface area contributed by atoms with Crippen molar-refractivity contribution in [3.8, 4) is 0 Å². The number of nitrogens with one attached hydrogen (secondary N) is 1. The van der Waals surface area contributed by atoms with Crippen molar-refractivity contribution < 1.29 is 9.53 Å². The van der Waals surface area contributed by atoms with Gasteiger partial charge in [-0.25, -0.2) is 0 Å². The molecule has 0 spiro atoms. The number of carbonyl (C=O) groups excluding carboxylic acids is 1. The number of hydrogen-bond donors (Lipinski definition) is 2. The molecule has 0 radical (unpaired) electrons. The van der Waals surface area contributed by atoms with Gasteiger partial charge in [0.1, 0.15) is 4.99 Å². The van der Waals surface area contributed by atoms with Crippen molar-refractivity contribution in [2.75, 3.05) is 13.2 Å². The fourth-order valence-corrected chi connectivity index (χ4v) is 2.47. The van der Waals surface area contributed by atoms with Gasteiger partial charge in [-0.3, -0.25) is 4.79 Å². The topological polar surface area (TPSA) is 64.4 Å². The van der Waals surface area contributed by atoms with Gasteiger partial charge in [0.25, 0.3) is 5.91 Å². The Morgan fingerprint density at radius 1 is 1.25 bits per heavy atom. The maximum Gasteiger partial charge on any atom is 0.251 e. The van der Waals surface area contributed by atoms with Crippen molar-refractivity contribution in [3.05, 3.63) is 35.4 Å². The summed E-state index contributed by atoms with van der Waals surface area (Å²) in [6.45, 7) is 1.10. The Bertz CT molecular complexity index is 467. The predicted octanol–water partition coefficient (Wildman–Crippen LogP) is 2.01. The third kappa shape index (κ3) is 4.28. The van der Waals surface area contributed by atoms with Crippen LogP contribution in [-0.4, -0.2) is 30.2 Å². The van der Waals surface area contributed by atoms with Crippen LogP contribution in [0.25, 0.3) is 0 Å². The average molecular weight is 292 g/mol. The van der Waals surface area contributed by atoms with Gasteiger partial charge in [-0.2, -0.15) is 0 Å². The van der Waals surface area contributed by atoms with E-state index in [-0.39, 0.29) is 5.91 Å². The lowest BCUT2D eigenvalue weighted by molar-refractivity contribution is 0.0582. The molecule has 4 nitrogen and oxygen atoms in total. The lowest BCUT2D eigenvalue weighted by atomic mass is 10.1. The SMILES string of the molecule is NC(=S)c1ccc(C(=O)NCCOC2CCCC2)cc1. The van der Waals surface area contributed by atoms with E-state index in [1.54, 1.807) is 24.3 Å². The normalized spacial score (nSPS) is 15.2. The zero-order valence-electron chi connectivity index (χ0n) is 11.4. The van der Waals surface area contributed by atoms with Crippen molar-refractivity contribution in [2.24, 2.45) is 5.73 Å². The van der Waals surface area contributed by atoms with Crippen LogP contribution in [0, 0.1) is 0 Å². The Labute approximate surface area is 124 Å². The summed E-state index contributed by atoms with van der Waals surface area (Å²) < 4.78 is 5.69. The van der Waals surface area contributed by atoms with Crippen molar-refractivity contribution in [1.29, 1.82) is 0 Å². The third-order valence-corrected chi connectivity index (χ3v) is 3.71. The second-order valence-corrected chi connectivity index (χ2v) is 5.41. The Balaban J connectivity index is 1.72. The van der Waals surface area contributed by atoms with Gasteiger partial charge in [-0.05, 0) is 25.0 Å². The molecule has 5 heteroatoms. The van der Waals surface area contributed by atoms with E-state index in [0.717, 1.165) is 18.4 Å². The van der Waals surface area contributed by atoms with Crippen molar-refractivity contribution in [2.45, 2.75) is 31.8 Å². The first kappa shape index (κ1) is 14.9. The van der Waals surface area contributed by atoms with Gasteiger partial charge in [-0.1, -0.05) is 37.2 Å². The van der Waals surface area contributed by atoms with Gasteiger partial charge in [0.2, 0.25) is 0 Å². The van der Waals surface area contributed by atoms with Gasteiger partial charge < -0.3 is 15.8 Å². The minimum atomic E-state index is -0.102. The lowest BCUT2D eigenvalue weighted by Gasteiger charge is -2.11. The molecule has 0 heterocycles. The van der Waals surface area contributed by atoms with Crippen LogP contribution in [0.5, 0.6) is 0 Å². The summed E-state index contributed by atoms with van der Waals surface area (Å²) in [5.41, 5.74) is 6.88. The fourth-order valence-electron chi connectivity index (χ4n) is 2.33. The molecule has 1 aromatic rings. The molecule has 1 aliphatic carbocycles. The van der Waals surface area contributed by atoms with Gasteiger partial charge in [0.15, 0.2) is 0 Å². The first-order chi connectivity index (χ1) is 9.66. The third-order valence-electron chi connectivity index (χ3n) is 3.47. The number of carbonyl (C=O) groups is 1. The number of ether oxygens (including phenoxy) is 1. The summed E-state index contributed by atoms with van der Waals surface area (Å²) in [5, 5.41) is 2.84. The number of benzene rings is 1. The summed E-state index contributed by atoms with van der Waals surface area (Å²) in [4.78, 5) is 12.2. The molecular formula is C15H20N2O2S. The first-order valence-corrected chi connectivity index (χ1v) is 7.37. The summed E-state index contributed by atoms with van der Waals surface area (Å²) in [5.74, 6) is -0.102. The zero-order valence-corrected chi connectivity index (χ0v) is 12.2. The number of nitrogens with two attached hydrogens (primary N) is 1. The molecular weight excluding hydrogens is 272 g/mol. The number of hydrogen-bond acceptors (Lipinski definition) is 3. The Morgan fingerprint density at radius 3 is 2.45 bits per heavy atom. The number of amides is 1. The summed E-state index contributed by atoms with van der Waals surface area (Å²) in [6, 6.07) is 6.96. The number of thiocarbonyl (C=S) groups is 1. The van der Waals surface area contributed by atoms with Crippen molar-refractivity contribution >= 4 is 23.1 Å².